The van der Waals surface area contributed by atoms with E-state index in [1.165, 1.54) is 0 Å². The summed E-state index contributed by atoms with van der Waals surface area (Å²) in [5.74, 6) is 0.639. The molecule has 2 aliphatic carbocycles. The van der Waals surface area contributed by atoms with Crippen LogP contribution in [0.25, 0.3) is 22.4 Å². The molecule has 2 fully saturated rings. The fourth-order valence-electron chi connectivity index (χ4n) is 7.48. The average molecular weight is 792 g/mol. The van der Waals surface area contributed by atoms with Crippen molar-refractivity contribution in [3.8, 4) is 40.0 Å². The van der Waals surface area contributed by atoms with Gasteiger partial charge in [-0.25, -0.2) is 9.97 Å². The Balaban J connectivity index is 1.08. The third-order valence-corrected chi connectivity index (χ3v) is 11.1. The number of rotatable bonds is 13. The molecule has 3 heterocycles. The summed E-state index contributed by atoms with van der Waals surface area (Å²) >= 11 is 10.7. The van der Waals surface area contributed by atoms with Crippen molar-refractivity contribution in [3.63, 3.8) is 0 Å². The van der Waals surface area contributed by atoms with Crippen LogP contribution in [0.1, 0.15) is 60.7 Å². The topological polar surface area (TPSA) is 149 Å². The van der Waals surface area contributed by atoms with Crippen LogP contribution in [0.4, 0.5) is 0 Å². The van der Waals surface area contributed by atoms with Gasteiger partial charge in [0.05, 0.1) is 37.1 Å². The van der Waals surface area contributed by atoms with Gasteiger partial charge in [-0.15, -0.1) is 0 Å². The molecule has 4 aromatic rings. The van der Waals surface area contributed by atoms with Gasteiger partial charge < -0.3 is 24.6 Å². The lowest BCUT2D eigenvalue weighted by Gasteiger charge is -2.19. The average Bonchev–Trinajstić information content (AvgIpc) is 3.90. The number of nitrogens with one attached hydrogen (secondary N) is 1. The maximum atomic E-state index is 11.6. The molecule has 14 heteroatoms. The molecule has 0 amide bonds. The smallest absolute Gasteiger partial charge is 0.307 e. The van der Waals surface area contributed by atoms with E-state index in [4.69, 9.17) is 35.8 Å². The number of halogens is 2. The number of hydrogen-bond donors (Lipinski definition) is 2. The second-order valence-electron chi connectivity index (χ2n) is 13.5. The second kappa shape index (κ2) is 15.8. The van der Waals surface area contributed by atoms with Gasteiger partial charge in [0.1, 0.15) is 23.3 Å². The van der Waals surface area contributed by atoms with Crippen LogP contribution in [-0.2, 0) is 29.1 Å². The molecule has 7 rings (SSSR count). The number of ether oxygens (including phenoxy) is 3. The normalized spacial score (nSPS) is 19.9. The van der Waals surface area contributed by atoms with Gasteiger partial charge in [0.2, 0.25) is 11.8 Å². The number of Topliss-reactive ketones (excluding diaryl/α,β-unsaturated/α-hetero) is 1. The fraction of sp³-hybridized carbons (Fsp3) is 0.421. The van der Waals surface area contributed by atoms with E-state index in [-0.39, 0.29) is 12.0 Å². The molecule has 0 radical (unpaired) electrons. The Kier molecular flexibility index (Phi) is 11.0. The van der Waals surface area contributed by atoms with Gasteiger partial charge in [0, 0.05) is 43.6 Å². The van der Waals surface area contributed by atoms with Crippen LogP contribution >= 0.6 is 27.5 Å². The second-order valence-corrected chi connectivity index (χ2v) is 14.6. The summed E-state index contributed by atoms with van der Waals surface area (Å²) in [5, 5.41) is 13.4. The molecule has 0 bridgehead atoms. The molecule has 3 atom stereocenters. The molecule has 1 saturated heterocycles. The Morgan fingerprint density at radius 1 is 0.981 bits per heavy atom. The molecule has 12 nitrogen and oxygen atoms in total. The summed E-state index contributed by atoms with van der Waals surface area (Å²) in [5.41, 5.74) is 6.76. The van der Waals surface area contributed by atoms with E-state index in [0.717, 1.165) is 53.6 Å². The maximum absolute atomic E-state index is 11.6. The summed E-state index contributed by atoms with van der Waals surface area (Å²) in [6, 6.07) is 12.1. The van der Waals surface area contributed by atoms with Crippen LogP contribution in [0.5, 0.6) is 17.6 Å². The van der Waals surface area contributed by atoms with E-state index in [0.29, 0.717) is 101 Å². The van der Waals surface area contributed by atoms with Gasteiger partial charge >= 0.3 is 5.97 Å². The Morgan fingerprint density at radius 2 is 1.75 bits per heavy atom. The minimum absolute atomic E-state index is 0.265. The first kappa shape index (κ1) is 36.2. The third-order valence-electron chi connectivity index (χ3n) is 10.2. The van der Waals surface area contributed by atoms with Gasteiger partial charge in [0.25, 0.3) is 5.88 Å². The van der Waals surface area contributed by atoms with Crippen LogP contribution in [0, 0.1) is 11.8 Å². The Hall–Kier alpha value is -4.17. The third kappa shape index (κ3) is 7.64. The molecule has 2 aromatic heterocycles. The Bertz CT molecular complexity index is 2000. The molecule has 2 aromatic carbocycles. The van der Waals surface area contributed by atoms with Crippen LogP contribution < -0.4 is 19.5 Å². The predicted octanol–water partition coefficient (Wildman–Crippen LogP) is 6.47. The standard InChI is InChI=1S/C38H40BrClN6O6/c1-50-35-30(17-41-16-21-9-10-23(47)15-21)42-18-29(44-35)28-8-4-7-27(33(28)40)24-5-3-6-26-25(24)11-12-32(26)52-37-34(39)43-31(36(45-37)51-2)20-46-14-13-22(19-46)38(48)49/h3-8,18,21-22,32,41H,9-17,19-20H2,1-2H3,(H,48,49)/t21-,22-,32+/m1/s1. The minimum atomic E-state index is -0.777. The van der Waals surface area contributed by atoms with E-state index in [2.05, 4.69) is 43.3 Å². The van der Waals surface area contributed by atoms with Crippen LogP contribution in [-0.4, -0.2) is 75.5 Å². The van der Waals surface area contributed by atoms with E-state index < -0.39 is 5.97 Å². The Morgan fingerprint density at radius 3 is 2.50 bits per heavy atom. The number of methoxy groups -OCH3 is 2. The first-order valence-corrected chi connectivity index (χ1v) is 18.6. The number of aromatic nitrogens is 4. The number of ketones is 1. The maximum Gasteiger partial charge on any atom is 0.307 e. The van der Waals surface area contributed by atoms with Crippen molar-refractivity contribution in [2.75, 3.05) is 33.9 Å². The molecule has 52 heavy (non-hydrogen) atoms. The largest absolute Gasteiger partial charge is 0.481 e. The summed E-state index contributed by atoms with van der Waals surface area (Å²) < 4.78 is 18.2. The molecular weight excluding hydrogens is 752 g/mol. The van der Waals surface area contributed by atoms with Crippen molar-refractivity contribution in [1.29, 1.82) is 0 Å². The van der Waals surface area contributed by atoms with Gasteiger partial charge in [-0.05, 0) is 77.3 Å². The molecule has 272 valence electrons. The SMILES string of the molecule is COc1nc(-c2cccc(-c3cccc4c3CC[C@@H]4Oc3nc(OC)c(CN4CC[C@@H](C(=O)O)C4)nc3Br)c2Cl)cnc1CNC[C@@H]1CCC(=O)C1. The van der Waals surface area contributed by atoms with Gasteiger partial charge in [-0.2, -0.15) is 4.98 Å². The zero-order valence-electron chi connectivity index (χ0n) is 29.0. The van der Waals surface area contributed by atoms with Crippen molar-refractivity contribution in [2.24, 2.45) is 11.8 Å². The molecule has 1 aliphatic heterocycles. The predicted molar refractivity (Wildman–Crippen MR) is 198 cm³/mol. The highest BCUT2D eigenvalue weighted by atomic mass is 79.9. The van der Waals surface area contributed by atoms with Crippen LogP contribution in [0.3, 0.4) is 0 Å². The molecule has 3 aliphatic rings. The lowest BCUT2D eigenvalue weighted by Crippen LogP contribution is -2.24. The lowest BCUT2D eigenvalue weighted by molar-refractivity contribution is -0.141. The van der Waals surface area contributed by atoms with Gasteiger partial charge in [-0.1, -0.05) is 48.0 Å². The lowest BCUT2D eigenvalue weighted by atomic mass is 9.95. The highest BCUT2D eigenvalue weighted by molar-refractivity contribution is 9.10. The van der Waals surface area contributed by atoms with Crippen LogP contribution in [0.2, 0.25) is 5.02 Å². The number of benzene rings is 2. The number of fused-ring (bicyclic) bond motifs is 1. The number of likely N-dealkylation sites (tertiary alicyclic amines) is 1. The molecule has 2 N–H and O–H groups in total. The minimum Gasteiger partial charge on any atom is -0.481 e. The number of carbonyl (C=O) groups is 2. The zero-order chi connectivity index (χ0) is 36.4. The summed E-state index contributed by atoms with van der Waals surface area (Å²) in [6.07, 6.45) is 5.81. The van der Waals surface area contributed by atoms with Gasteiger partial charge in [0.15, 0.2) is 4.60 Å². The Labute approximate surface area is 315 Å². The van der Waals surface area contributed by atoms with Crippen molar-refractivity contribution >= 4 is 39.3 Å². The number of carboxylic acids is 1. The number of hydrogen-bond acceptors (Lipinski definition) is 11. The number of aliphatic carboxylic acids is 1. The van der Waals surface area contributed by atoms with Crippen molar-refractivity contribution in [2.45, 2.75) is 57.7 Å². The fourth-order valence-corrected chi connectivity index (χ4v) is 8.20. The van der Waals surface area contributed by atoms with Crippen molar-refractivity contribution in [1.82, 2.24) is 30.2 Å². The van der Waals surface area contributed by atoms with E-state index >= 15 is 0 Å². The van der Waals surface area contributed by atoms with E-state index in [9.17, 15) is 14.7 Å². The summed E-state index contributed by atoms with van der Waals surface area (Å²) in [7, 11) is 3.12. The monoisotopic (exact) mass is 790 g/mol. The highest BCUT2D eigenvalue weighted by Crippen LogP contribution is 2.44. The van der Waals surface area contributed by atoms with Gasteiger partial charge in [-0.3, -0.25) is 19.5 Å². The van der Waals surface area contributed by atoms with Crippen LogP contribution in [0.15, 0.2) is 47.2 Å². The van der Waals surface area contributed by atoms with E-state index in [1.807, 2.05) is 29.2 Å². The number of nitrogens with zero attached hydrogens (tertiary/aromatic N) is 5. The first-order valence-electron chi connectivity index (χ1n) is 17.5. The van der Waals surface area contributed by atoms with Crippen molar-refractivity contribution in [3.05, 3.63) is 74.7 Å². The van der Waals surface area contributed by atoms with Crippen molar-refractivity contribution < 1.29 is 28.9 Å². The first-order chi connectivity index (χ1) is 25.2. The van der Waals surface area contributed by atoms with E-state index in [1.54, 1.807) is 20.4 Å². The molecular formula is C38H40BrClN6O6. The quantitative estimate of drug-likeness (QED) is 0.153. The molecule has 1 saturated carbocycles. The summed E-state index contributed by atoms with van der Waals surface area (Å²) in [4.78, 5) is 43.9. The highest BCUT2D eigenvalue weighted by Gasteiger charge is 2.31. The number of carboxylic acid groups (broad SMARTS) is 1. The zero-order valence-corrected chi connectivity index (χ0v) is 31.4. The molecule has 0 unspecified atom stereocenters. The number of carbonyl (C=O) groups excluding carboxylic acids is 1. The summed E-state index contributed by atoms with van der Waals surface area (Å²) in [6.45, 7) is 2.80. The molecule has 0 spiro atoms.